The second kappa shape index (κ2) is 42.9. The van der Waals surface area contributed by atoms with E-state index in [1.54, 1.807) is 0 Å². The molecule has 296 valence electrons. The average molecular weight is 729 g/mol. The highest BCUT2D eigenvalue weighted by atomic mass is 32.1. The van der Waals surface area contributed by atoms with E-state index in [1.807, 2.05) is 20.8 Å². The SMILES string of the molecule is CCO[Si](CCCCCCCCCCCCCCCCCCCCCCCCCCCCCCCCCCCCCCS)(OCC)OCC. The van der Waals surface area contributed by atoms with Crippen molar-refractivity contribution in [2.75, 3.05) is 25.6 Å². The molecule has 0 N–H and O–H groups in total. The van der Waals surface area contributed by atoms with E-state index in [0.717, 1.165) is 11.8 Å². The van der Waals surface area contributed by atoms with Gasteiger partial charge in [0.25, 0.3) is 0 Å². The first-order valence-corrected chi connectivity index (χ1v) is 25.3. The Morgan fingerprint density at radius 3 is 0.592 bits per heavy atom. The van der Waals surface area contributed by atoms with Gasteiger partial charge in [0.2, 0.25) is 0 Å². The standard InChI is InChI=1S/C44H92O3SSi/c1-4-45-49(46-5-2,47-6-3)44-42-40-38-36-34-32-30-28-26-24-22-20-18-16-14-12-10-8-7-9-11-13-15-17-19-21-23-25-27-29-31-33-35-37-39-41-43-48/h48H,4-44H2,1-3H3. The van der Waals surface area contributed by atoms with Crippen LogP contribution in [0.3, 0.4) is 0 Å². The smallest absolute Gasteiger partial charge is 0.374 e. The van der Waals surface area contributed by atoms with Gasteiger partial charge >= 0.3 is 8.80 Å². The van der Waals surface area contributed by atoms with Crippen LogP contribution in [0.5, 0.6) is 0 Å². The van der Waals surface area contributed by atoms with E-state index < -0.39 is 8.80 Å². The first-order chi connectivity index (χ1) is 24.2. The van der Waals surface area contributed by atoms with Crippen LogP contribution in [0.25, 0.3) is 0 Å². The second-order valence-electron chi connectivity index (χ2n) is 15.2. The Hall–Kier alpha value is 0.447. The largest absolute Gasteiger partial charge is 0.500 e. The van der Waals surface area contributed by atoms with Crippen LogP contribution in [0.15, 0.2) is 0 Å². The molecular weight excluding hydrogens is 637 g/mol. The van der Waals surface area contributed by atoms with Crippen molar-refractivity contribution in [3.05, 3.63) is 0 Å². The molecule has 0 bridgehead atoms. The predicted molar refractivity (Wildman–Crippen MR) is 226 cm³/mol. The van der Waals surface area contributed by atoms with Gasteiger partial charge < -0.3 is 13.3 Å². The minimum Gasteiger partial charge on any atom is -0.374 e. The molecule has 3 nitrogen and oxygen atoms in total. The normalized spacial score (nSPS) is 12.0. The Labute approximate surface area is 317 Å². The molecule has 0 atom stereocenters. The fourth-order valence-corrected chi connectivity index (χ4v) is 10.4. The van der Waals surface area contributed by atoms with E-state index in [2.05, 4.69) is 12.6 Å². The highest BCUT2D eigenvalue weighted by molar-refractivity contribution is 7.80. The molecule has 0 aromatic rings. The molecule has 0 aromatic carbocycles. The van der Waals surface area contributed by atoms with Crippen molar-refractivity contribution < 1.29 is 13.3 Å². The molecule has 0 amide bonds. The van der Waals surface area contributed by atoms with Crippen molar-refractivity contribution in [2.45, 2.75) is 258 Å². The lowest BCUT2D eigenvalue weighted by atomic mass is 10.0. The molecule has 0 spiro atoms. The van der Waals surface area contributed by atoms with Crippen LogP contribution in [-0.2, 0) is 13.3 Å². The van der Waals surface area contributed by atoms with Crippen LogP contribution in [-0.4, -0.2) is 34.4 Å². The zero-order chi connectivity index (χ0) is 35.6. The minimum atomic E-state index is -2.42. The summed E-state index contributed by atoms with van der Waals surface area (Å²) in [4.78, 5) is 0. The van der Waals surface area contributed by atoms with Gasteiger partial charge in [0.1, 0.15) is 0 Å². The van der Waals surface area contributed by atoms with Crippen LogP contribution in [0.4, 0.5) is 0 Å². The maximum atomic E-state index is 5.98. The molecule has 0 saturated carbocycles. The first kappa shape index (κ1) is 49.4. The van der Waals surface area contributed by atoms with Gasteiger partial charge in [-0.05, 0) is 39.4 Å². The molecule has 0 aliphatic carbocycles. The molecule has 0 aliphatic heterocycles. The monoisotopic (exact) mass is 729 g/mol. The summed E-state index contributed by atoms with van der Waals surface area (Å²) in [5.41, 5.74) is 0. The van der Waals surface area contributed by atoms with Crippen molar-refractivity contribution in [3.8, 4) is 0 Å². The van der Waals surface area contributed by atoms with E-state index in [-0.39, 0.29) is 0 Å². The highest BCUT2D eigenvalue weighted by Gasteiger charge is 2.39. The Balaban J connectivity index is 3.20. The van der Waals surface area contributed by atoms with Gasteiger partial charge in [-0.25, -0.2) is 0 Å². The van der Waals surface area contributed by atoms with Crippen LogP contribution >= 0.6 is 12.6 Å². The third-order valence-corrected chi connectivity index (χ3v) is 14.0. The van der Waals surface area contributed by atoms with Crippen molar-refractivity contribution in [1.29, 1.82) is 0 Å². The number of thiol groups is 1. The molecule has 0 saturated heterocycles. The fraction of sp³-hybridized carbons (Fsp3) is 1.00. The zero-order valence-corrected chi connectivity index (χ0v) is 36.1. The summed E-state index contributed by atoms with van der Waals surface area (Å²) in [5.74, 6) is 1.07. The number of hydrogen-bond donors (Lipinski definition) is 1. The summed E-state index contributed by atoms with van der Waals surface area (Å²) in [7, 11) is -2.42. The van der Waals surface area contributed by atoms with Gasteiger partial charge in [-0.1, -0.05) is 218 Å². The molecule has 0 radical (unpaired) electrons. The maximum Gasteiger partial charge on any atom is 0.500 e. The van der Waals surface area contributed by atoms with Gasteiger partial charge in [0.05, 0.1) is 0 Å². The molecule has 0 aromatic heterocycles. The molecule has 0 fully saturated rings. The first-order valence-electron chi connectivity index (χ1n) is 22.8. The van der Waals surface area contributed by atoms with Gasteiger partial charge in [0.15, 0.2) is 0 Å². The molecule has 0 aliphatic rings. The van der Waals surface area contributed by atoms with E-state index in [9.17, 15) is 0 Å². The van der Waals surface area contributed by atoms with Crippen LogP contribution in [0.1, 0.15) is 252 Å². The van der Waals surface area contributed by atoms with Crippen molar-refractivity contribution >= 4 is 21.4 Å². The third kappa shape index (κ3) is 38.0. The Morgan fingerprint density at radius 1 is 0.265 bits per heavy atom. The Kier molecular flexibility index (Phi) is 43.2. The van der Waals surface area contributed by atoms with Gasteiger partial charge in [-0.3, -0.25) is 0 Å². The van der Waals surface area contributed by atoms with E-state index in [1.165, 1.54) is 231 Å². The zero-order valence-electron chi connectivity index (χ0n) is 34.2. The van der Waals surface area contributed by atoms with Gasteiger partial charge in [-0.15, -0.1) is 0 Å². The fourth-order valence-electron chi connectivity index (χ4n) is 7.46. The molecule has 5 heteroatoms. The van der Waals surface area contributed by atoms with E-state index in [4.69, 9.17) is 13.3 Å². The summed E-state index contributed by atoms with van der Waals surface area (Å²) < 4.78 is 17.9. The molecule has 0 heterocycles. The lowest BCUT2D eigenvalue weighted by Gasteiger charge is -2.28. The number of hydrogen-bond acceptors (Lipinski definition) is 4. The summed E-state index contributed by atoms with van der Waals surface area (Å²) in [6.07, 6.45) is 51.9. The highest BCUT2D eigenvalue weighted by Crippen LogP contribution is 2.21. The summed E-state index contributed by atoms with van der Waals surface area (Å²) in [6.45, 7) is 8.20. The quantitative estimate of drug-likeness (QED) is 0.0384. The number of unbranched alkanes of at least 4 members (excludes halogenated alkanes) is 35. The van der Waals surface area contributed by atoms with E-state index in [0.29, 0.717) is 19.8 Å². The minimum absolute atomic E-state index is 0.686. The number of rotatable bonds is 44. The summed E-state index contributed by atoms with van der Waals surface area (Å²) in [6, 6.07) is 0.974. The third-order valence-electron chi connectivity index (χ3n) is 10.5. The van der Waals surface area contributed by atoms with Crippen molar-refractivity contribution in [3.63, 3.8) is 0 Å². The van der Waals surface area contributed by atoms with Crippen LogP contribution in [0, 0.1) is 0 Å². The Morgan fingerprint density at radius 2 is 0.429 bits per heavy atom. The Bertz CT molecular complexity index is 576. The molecular formula is C44H92O3SSi. The molecule has 49 heavy (non-hydrogen) atoms. The maximum absolute atomic E-state index is 5.98. The van der Waals surface area contributed by atoms with Crippen molar-refractivity contribution in [2.24, 2.45) is 0 Å². The van der Waals surface area contributed by atoms with Gasteiger partial charge in [-0.2, -0.15) is 12.6 Å². The van der Waals surface area contributed by atoms with E-state index >= 15 is 0 Å². The lowest BCUT2D eigenvalue weighted by Crippen LogP contribution is -2.45. The summed E-state index contributed by atoms with van der Waals surface area (Å²) >= 11 is 4.30. The molecule has 0 rings (SSSR count). The average Bonchev–Trinajstić information content (AvgIpc) is 3.10. The van der Waals surface area contributed by atoms with Crippen LogP contribution < -0.4 is 0 Å². The predicted octanol–water partition coefficient (Wildman–Crippen LogP) is 16.0. The second-order valence-corrected chi connectivity index (χ2v) is 18.4. The van der Waals surface area contributed by atoms with Gasteiger partial charge in [0, 0.05) is 25.9 Å². The topological polar surface area (TPSA) is 27.7 Å². The van der Waals surface area contributed by atoms with Crippen LogP contribution in [0.2, 0.25) is 6.04 Å². The van der Waals surface area contributed by atoms with Crippen molar-refractivity contribution in [1.82, 2.24) is 0 Å². The summed E-state index contributed by atoms with van der Waals surface area (Å²) in [5, 5.41) is 0. The lowest BCUT2D eigenvalue weighted by molar-refractivity contribution is 0.0706. The molecule has 0 unspecified atom stereocenters.